The molecule has 0 unspecified atom stereocenters. The number of hydrogen-bond acceptors (Lipinski definition) is 1. The van der Waals surface area contributed by atoms with Crippen LogP contribution in [0.5, 0.6) is 0 Å². The zero-order chi connectivity index (χ0) is 10.1. The van der Waals surface area contributed by atoms with Gasteiger partial charge in [0, 0.05) is 11.8 Å². The maximum atomic E-state index is 6.02. The lowest BCUT2D eigenvalue weighted by atomic mass is 10.1. The van der Waals surface area contributed by atoms with Crippen LogP contribution in [0, 0.1) is 0 Å². The summed E-state index contributed by atoms with van der Waals surface area (Å²) in [5.74, 6) is 0. The molecule has 1 aromatic heterocycles. The normalized spacial score (nSPS) is 10.5. The predicted octanol–water partition coefficient (Wildman–Crippen LogP) is 4.04. The quantitative estimate of drug-likeness (QED) is 0.757. The van der Waals surface area contributed by atoms with E-state index in [4.69, 9.17) is 34.8 Å². The summed E-state index contributed by atoms with van der Waals surface area (Å²) >= 11 is 17.7. The van der Waals surface area contributed by atoms with E-state index >= 15 is 0 Å². The fourth-order valence-electron chi connectivity index (χ4n) is 1.13. The smallest absolute Gasteiger partial charge is 0.0936 e. The summed E-state index contributed by atoms with van der Waals surface area (Å²) in [4.78, 5) is 0. The second-order valence-electron chi connectivity index (χ2n) is 2.68. The number of benzene rings is 1. The molecule has 0 aliphatic rings. The van der Waals surface area contributed by atoms with Crippen molar-refractivity contribution >= 4 is 34.8 Å². The summed E-state index contributed by atoms with van der Waals surface area (Å²) in [5, 5.41) is 7.93. The first-order valence-corrected chi connectivity index (χ1v) is 4.97. The van der Waals surface area contributed by atoms with Crippen molar-refractivity contribution in [3.05, 3.63) is 39.5 Å². The van der Waals surface area contributed by atoms with Crippen molar-refractivity contribution in [2.24, 2.45) is 0 Å². The summed E-state index contributed by atoms with van der Waals surface area (Å²) in [6.45, 7) is 0. The van der Waals surface area contributed by atoms with Gasteiger partial charge in [0.2, 0.25) is 0 Å². The van der Waals surface area contributed by atoms with Crippen molar-refractivity contribution in [3.63, 3.8) is 0 Å². The summed E-state index contributed by atoms with van der Waals surface area (Å²) in [7, 11) is 0. The van der Waals surface area contributed by atoms with Crippen LogP contribution in [0.2, 0.25) is 15.1 Å². The lowest BCUT2D eigenvalue weighted by Gasteiger charge is -2.03. The van der Waals surface area contributed by atoms with Crippen LogP contribution in [0.3, 0.4) is 0 Å². The van der Waals surface area contributed by atoms with Gasteiger partial charge in [-0.05, 0) is 18.2 Å². The van der Waals surface area contributed by atoms with Gasteiger partial charge in [-0.2, -0.15) is 5.10 Å². The van der Waals surface area contributed by atoms with Crippen LogP contribution in [0.15, 0.2) is 24.4 Å². The van der Waals surface area contributed by atoms with Crippen LogP contribution in [0.4, 0.5) is 0 Å². The Hall–Kier alpha value is -0.700. The Labute approximate surface area is 95.8 Å². The molecule has 1 aromatic carbocycles. The first-order chi connectivity index (χ1) is 6.70. The molecular weight excluding hydrogens is 242 g/mol. The van der Waals surface area contributed by atoms with E-state index in [-0.39, 0.29) is 0 Å². The monoisotopic (exact) mass is 246 g/mol. The highest BCUT2D eigenvalue weighted by Crippen LogP contribution is 2.36. The van der Waals surface area contributed by atoms with Gasteiger partial charge in [0.15, 0.2) is 0 Å². The lowest BCUT2D eigenvalue weighted by molar-refractivity contribution is 1.10. The minimum absolute atomic E-state index is 0.355. The SMILES string of the molecule is Clc1ccc(-c2cc[nH]n2)c(Cl)c1Cl. The van der Waals surface area contributed by atoms with Crippen molar-refractivity contribution in [1.29, 1.82) is 0 Å². The van der Waals surface area contributed by atoms with E-state index < -0.39 is 0 Å². The fourth-order valence-corrected chi connectivity index (χ4v) is 1.77. The largest absolute Gasteiger partial charge is 0.285 e. The molecule has 0 fully saturated rings. The molecule has 0 aliphatic carbocycles. The summed E-state index contributed by atoms with van der Waals surface area (Å²) < 4.78 is 0. The van der Waals surface area contributed by atoms with E-state index in [1.165, 1.54) is 0 Å². The molecule has 0 aliphatic heterocycles. The molecule has 0 radical (unpaired) electrons. The van der Waals surface area contributed by atoms with E-state index in [1.54, 1.807) is 18.3 Å². The van der Waals surface area contributed by atoms with Gasteiger partial charge in [-0.3, -0.25) is 5.10 Å². The molecule has 0 amide bonds. The van der Waals surface area contributed by atoms with Crippen molar-refractivity contribution in [2.75, 3.05) is 0 Å². The predicted molar refractivity (Wildman–Crippen MR) is 59.1 cm³/mol. The Kier molecular flexibility index (Phi) is 2.68. The molecule has 0 bridgehead atoms. The third kappa shape index (κ3) is 1.61. The van der Waals surface area contributed by atoms with Crippen LogP contribution in [-0.4, -0.2) is 10.2 Å². The molecular formula is C9H5Cl3N2. The van der Waals surface area contributed by atoms with Gasteiger partial charge < -0.3 is 0 Å². The molecule has 5 heteroatoms. The average molecular weight is 248 g/mol. The van der Waals surface area contributed by atoms with Gasteiger partial charge >= 0.3 is 0 Å². The Bertz CT molecular complexity index is 451. The molecule has 2 nitrogen and oxygen atoms in total. The molecule has 0 spiro atoms. The Morgan fingerprint density at radius 3 is 2.43 bits per heavy atom. The third-order valence-electron chi connectivity index (χ3n) is 1.81. The Morgan fingerprint density at radius 1 is 1.00 bits per heavy atom. The number of nitrogens with one attached hydrogen (secondary N) is 1. The molecule has 0 saturated heterocycles. The number of halogens is 3. The zero-order valence-corrected chi connectivity index (χ0v) is 9.16. The molecule has 2 rings (SSSR count). The highest BCUT2D eigenvalue weighted by molar-refractivity contribution is 6.49. The van der Waals surface area contributed by atoms with Crippen LogP contribution in [-0.2, 0) is 0 Å². The van der Waals surface area contributed by atoms with Gasteiger partial charge in [-0.1, -0.05) is 34.8 Å². The van der Waals surface area contributed by atoms with E-state index in [1.807, 2.05) is 6.07 Å². The van der Waals surface area contributed by atoms with E-state index in [0.717, 1.165) is 11.3 Å². The van der Waals surface area contributed by atoms with E-state index in [0.29, 0.717) is 15.1 Å². The van der Waals surface area contributed by atoms with Crippen molar-refractivity contribution in [1.82, 2.24) is 10.2 Å². The Balaban J connectivity index is 2.61. The highest BCUT2D eigenvalue weighted by Gasteiger charge is 2.11. The third-order valence-corrected chi connectivity index (χ3v) is 3.11. The minimum Gasteiger partial charge on any atom is -0.285 e. The van der Waals surface area contributed by atoms with Crippen molar-refractivity contribution in [2.45, 2.75) is 0 Å². The van der Waals surface area contributed by atoms with Crippen LogP contribution < -0.4 is 0 Å². The summed E-state index contributed by atoms with van der Waals surface area (Å²) in [6.07, 6.45) is 1.72. The van der Waals surface area contributed by atoms with Gasteiger partial charge in [0.05, 0.1) is 20.8 Å². The first kappa shape index (κ1) is 9.84. The number of hydrogen-bond donors (Lipinski definition) is 1. The van der Waals surface area contributed by atoms with Crippen molar-refractivity contribution < 1.29 is 0 Å². The standard InChI is InChI=1S/C9H5Cl3N2/c10-6-2-1-5(8(11)9(6)12)7-3-4-13-14-7/h1-4H,(H,13,14). The molecule has 0 saturated carbocycles. The average Bonchev–Trinajstić information content (AvgIpc) is 2.67. The molecule has 72 valence electrons. The number of nitrogens with zero attached hydrogens (tertiary/aromatic N) is 1. The van der Waals surface area contributed by atoms with Gasteiger partial charge in [0.25, 0.3) is 0 Å². The molecule has 1 N–H and O–H groups in total. The Morgan fingerprint density at radius 2 is 1.79 bits per heavy atom. The van der Waals surface area contributed by atoms with Crippen LogP contribution in [0.1, 0.15) is 0 Å². The number of rotatable bonds is 1. The van der Waals surface area contributed by atoms with Gasteiger partial charge in [-0.15, -0.1) is 0 Å². The highest BCUT2D eigenvalue weighted by atomic mass is 35.5. The summed E-state index contributed by atoms with van der Waals surface area (Å²) in [5.41, 5.74) is 1.51. The number of aromatic amines is 1. The van der Waals surface area contributed by atoms with E-state index in [2.05, 4.69) is 10.2 Å². The molecule has 0 atom stereocenters. The fraction of sp³-hybridized carbons (Fsp3) is 0. The van der Waals surface area contributed by atoms with Crippen LogP contribution >= 0.6 is 34.8 Å². The van der Waals surface area contributed by atoms with E-state index in [9.17, 15) is 0 Å². The zero-order valence-electron chi connectivity index (χ0n) is 6.89. The minimum atomic E-state index is 0.355. The summed E-state index contributed by atoms with van der Waals surface area (Å²) in [6, 6.07) is 5.29. The first-order valence-electron chi connectivity index (χ1n) is 3.84. The number of H-pyrrole nitrogens is 1. The lowest BCUT2D eigenvalue weighted by Crippen LogP contribution is -1.81. The van der Waals surface area contributed by atoms with Crippen molar-refractivity contribution in [3.8, 4) is 11.3 Å². The maximum Gasteiger partial charge on any atom is 0.0936 e. The number of aromatic nitrogens is 2. The second-order valence-corrected chi connectivity index (χ2v) is 3.85. The topological polar surface area (TPSA) is 28.7 Å². The van der Waals surface area contributed by atoms with Gasteiger partial charge in [0.1, 0.15) is 0 Å². The van der Waals surface area contributed by atoms with Crippen LogP contribution in [0.25, 0.3) is 11.3 Å². The molecule has 14 heavy (non-hydrogen) atoms. The van der Waals surface area contributed by atoms with Gasteiger partial charge in [-0.25, -0.2) is 0 Å². The second kappa shape index (κ2) is 3.81. The molecule has 2 aromatic rings. The molecule has 1 heterocycles. The maximum absolute atomic E-state index is 6.02.